The zero-order valence-electron chi connectivity index (χ0n) is 13.3. The fraction of sp³-hybridized carbons (Fsp3) is 0.316. The minimum Gasteiger partial charge on any atom is -0.392 e. The lowest BCUT2D eigenvalue weighted by atomic mass is 10.0. The number of urea groups is 1. The Balaban J connectivity index is 1.61. The Morgan fingerprint density at radius 3 is 2.42 bits per heavy atom. The summed E-state index contributed by atoms with van der Waals surface area (Å²) in [6.07, 6.45) is 2.13. The molecule has 0 saturated heterocycles. The van der Waals surface area contributed by atoms with Gasteiger partial charge in [-0.1, -0.05) is 36.4 Å². The molecule has 0 aromatic heterocycles. The molecule has 3 N–H and O–H groups in total. The van der Waals surface area contributed by atoms with E-state index in [1.165, 1.54) is 12.1 Å². The summed E-state index contributed by atoms with van der Waals surface area (Å²) < 4.78 is 13.1. The molecule has 0 heterocycles. The number of hydrogen-bond donors (Lipinski definition) is 3. The van der Waals surface area contributed by atoms with Crippen LogP contribution in [-0.4, -0.2) is 11.1 Å². The van der Waals surface area contributed by atoms with E-state index in [9.17, 15) is 14.3 Å². The van der Waals surface area contributed by atoms with Crippen molar-refractivity contribution in [2.24, 2.45) is 5.92 Å². The number of aliphatic hydroxyl groups excluding tert-OH is 1. The van der Waals surface area contributed by atoms with Gasteiger partial charge in [0, 0.05) is 6.54 Å². The van der Waals surface area contributed by atoms with Gasteiger partial charge in [0.2, 0.25) is 0 Å². The topological polar surface area (TPSA) is 61.4 Å². The molecule has 4 nitrogen and oxygen atoms in total. The number of amides is 2. The minimum absolute atomic E-state index is 0.0558. The van der Waals surface area contributed by atoms with Crippen LogP contribution < -0.4 is 10.6 Å². The van der Waals surface area contributed by atoms with Crippen LogP contribution >= 0.6 is 0 Å². The summed E-state index contributed by atoms with van der Waals surface area (Å²) in [5.74, 6) is 0.129. The number of halogens is 1. The molecule has 0 spiro atoms. The van der Waals surface area contributed by atoms with Crippen molar-refractivity contribution in [2.75, 3.05) is 0 Å². The van der Waals surface area contributed by atoms with Crippen LogP contribution in [0.3, 0.4) is 0 Å². The number of nitrogens with one attached hydrogen (secondary N) is 2. The van der Waals surface area contributed by atoms with E-state index < -0.39 is 0 Å². The predicted octanol–water partition coefficient (Wildman–Crippen LogP) is 3.27. The van der Waals surface area contributed by atoms with Gasteiger partial charge in [0.25, 0.3) is 0 Å². The standard InChI is InChI=1S/C19H21FN2O2/c20-17-9-7-14(8-10-17)18(13-5-6-13)22-19(24)21-11-15-3-1-2-4-16(15)12-23/h1-4,7-10,13,18,23H,5-6,11-12H2,(H2,21,22,24). The Kier molecular flexibility index (Phi) is 5.11. The van der Waals surface area contributed by atoms with E-state index in [0.717, 1.165) is 29.5 Å². The van der Waals surface area contributed by atoms with Crippen LogP contribution in [0, 0.1) is 11.7 Å². The third-order valence-corrected chi connectivity index (χ3v) is 4.34. The van der Waals surface area contributed by atoms with Crippen molar-refractivity contribution >= 4 is 6.03 Å². The molecule has 1 atom stereocenters. The summed E-state index contributed by atoms with van der Waals surface area (Å²) >= 11 is 0. The number of benzene rings is 2. The van der Waals surface area contributed by atoms with Crippen molar-refractivity contribution < 1.29 is 14.3 Å². The molecule has 1 aliphatic carbocycles. The Morgan fingerprint density at radius 2 is 1.79 bits per heavy atom. The average molecular weight is 328 g/mol. The third kappa shape index (κ3) is 4.11. The van der Waals surface area contributed by atoms with Gasteiger partial charge in [-0.05, 0) is 47.6 Å². The molecule has 0 aliphatic heterocycles. The van der Waals surface area contributed by atoms with E-state index in [-0.39, 0.29) is 24.5 Å². The Morgan fingerprint density at radius 1 is 1.12 bits per heavy atom. The second kappa shape index (κ2) is 7.45. The molecule has 1 aliphatic rings. The molecule has 0 radical (unpaired) electrons. The van der Waals surface area contributed by atoms with Crippen LogP contribution in [0.15, 0.2) is 48.5 Å². The van der Waals surface area contributed by atoms with Crippen molar-refractivity contribution in [3.05, 3.63) is 71.0 Å². The highest BCUT2D eigenvalue weighted by Gasteiger charge is 2.33. The smallest absolute Gasteiger partial charge is 0.315 e. The van der Waals surface area contributed by atoms with E-state index >= 15 is 0 Å². The molecule has 2 aromatic rings. The van der Waals surface area contributed by atoms with Crippen molar-refractivity contribution in [2.45, 2.75) is 32.0 Å². The monoisotopic (exact) mass is 328 g/mol. The SMILES string of the molecule is O=C(NCc1ccccc1CO)NC(c1ccc(F)cc1)C1CC1. The zero-order chi connectivity index (χ0) is 16.9. The van der Waals surface area contributed by atoms with E-state index in [0.29, 0.717) is 12.5 Å². The van der Waals surface area contributed by atoms with Crippen LogP contribution in [0.4, 0.5) is 9.18 Å². The largest absolute Gasteiger partial charge is 0.392 e. The molecule has 5 heteroatoms. The highest BCUT2D eigenvalue weighted by Crippen LogP contribution is 2.40. The molecule has 1 fully saturated rings. The molecular formula is C19H21FN2O2. The van der Waals surface area contributed by atoms with Gasteiger partial charge < -0.3 is 15.7 Å². The second-order valence-corrected chi connectivity index (χ2v) is 6.12. The van der Waals surface area contributed by atoms with E-state index in [2.05, 4.69) is 10.6 Å². The van der Waals surface area contributed by atoms with Crippen LogP contribution in [0.25, 0.3) is 0 Å². The van der Waals surface area contributed by atoms with Gasteiger partial charge in [-0.15, -0.1) is 0 Å². The maximum atomic E-state index is 13.1. The maximum Gasteiger partial charge on any atom is 0.315 e. The van der Waals surface area contributed by atoms with Gasteiger partial charge in [-0.25, -0.2) is 9.18 Å². The summed E-state index contributed by atoms with van der Waals surface area (Å²) in [6.45, 7) is 0.295. The lowest BCUT2D eigenvalue weighted by Crippen LogP contribution is -2.38. The van der Waals surface area contributed by atoms with E-state index in [4.69, 9.17) is 0 Å². The first kappa shape index (κ1) is 16.5. The van der Waals surface area contributed by atoms with Gasteiger partial charge in [0.15, 0.2) is 0 Å². The van der Waals surface area contributed by atoms with Crippen molar-refractivity contribution in [1.29, 1.82) is 0 Å². The van der Waals surface area contributed by atoms with Gasteiger partial charge >= 0.3 is 6.03 Å². The first-order chi connectivity index (χ1) is 11.7. The Hall–Kier alpha value is -2.40. The Bertz CT molecular complexity index is 699. The normalized spacial score (nSPS) is 14.9. The zero-order valence-corrected chi connectivity index (χ0v) is 13.3. The fourth-order valence-electron chi connectivity index (χ4n) is 2.82. The van der Waals surface area contributed by atoms with Crippen molar-refractivity contribution in [3.63, 3.8) is 0 Å². The lowest BCUT2D eigenvalue weighted by Gasteiger charge is -2.19. The second-order valence-electron chi connectivity index (χ2n) is 6.12. The number of rotatable bonds is 6. The van der Waals surface area contributed by atoms with Crippen LogP contribution in [0.5, 0.6) is 0 Å². The molecule has 1 unspecified atom stereocenters. The van der Waals surface area contributed by atoms with Gasteiger partial charge in [0.05, 0.1) is 12.6 Å². The Labute approximate surface area is 140 Å². The van der Waals surface area contributed by atoms with Crippen LogP contribution in [-0.2, 0) is 13.2 Å². The highest BCUT2D eigenvalue weighted by atomic mass is 19.1. The first-order valence-electron chi connectivity index (χ1n) is 8.15. The molecule has 2 amide bonds. The summed E-state index contributed by atoms with van der Waals surface area (Å²) in [7, 11) is 0. The van der Waals surface area contributed by atoms with E-state index in [1.807, 2.05) is 24.3 Å². The van der Waals surface area contributed by atoms with Crippen LogP contribution in [0.2, 0.25) is 0 Å². The van der Waals surface area contributed by atoms with Crippen LogP contribution in [0.1, 0.15) is 35.6 Å². The number of carbonyl (C=O) groups is 1. The molecular weight excluding hydrogens is 307 g/mol. The summed E-state index contributed by atoms with van der Waals surface area (Å²) in [5.41, 5.74) is 2.61. The third-order valence-electron chi connectivity index (χ3n) is 4.34. The molecule has 3 rings (SSSR count). The van der Waals surface area contributed by atoms with Crippen molar-refractivity contribution in [1.82, 2.24) is 10.6 Å². The summed E-state index contributed by atoms with van der Waals surface area (Å²) in [4.78, 5) is 12.2. The number of carbonyl (C=O) groups excluding carboxylic acids is 1. The van der Waals surface area contributed by atoms with E-state index in [1.54, 1.807) is 12.1 Å². The predicted molar refractivity (Wildman–Crippen MR) is 89.6 cm³/mol. The van der Waals surface area contributed by atoms with Gasteiger partial charge in [-0.2, -0.15) is 0 Å². The molecule has 126 valence electrons. The number of hydrogen-bond acceptors (Lipinski definition) is 2. The lowest BCUT2D eigenvalue weighted by molar-refractivity contribution is 0.235. The number of aliphatic hydroxyl groups is 1. The fourth-order valence-corrected chi connectivity index (χ4v) is 2.82. The van der Waals surface area contributed by atoms with Crippen molar-refractivity contribution in [3.8, 4) is 0 Å². The molecule has 0 bridgehead atoms. The van der Waals surface area contributed by atoms with Gasteiger partial charge in [0.1, 0.15) is 5.82 Å². The average Bonchev–Trinajstić information content (AvgIpc) is 3.44. The maximum absolute atomic E-state index is 13.1. The quantitative estimate of drug-likeness (QED) is 0.762. The van der Waals surface area contributed by atoms with Gasteiger partial charge in [-0.3, -0.25) is 0 Å². The highest BCUT2D eigenvalue weighted by molar-refractivity contribution is 5.74. The summed E-state index contributed by atoms with van der Waals surface area (Å²) in [6, 6.07) is 13.4. The molecule has 1 saturated carbocycles. The minimum atomic E-state index is -0.279. The summed E-state index contributed by atoms with van der Waals surface area (Å²) in [5, 5.41) is 15.1. The molecule has 24 heavy (non-hydrogen) atoms. The first-order valence-corrected chi connectivity index (χ1v) is 8.15. The molecule has 2 aromatic carbocycles.